The third-order valence-electron chi connectivity index (χ3n) is 9.39. The summed E-state index contributed by atoms with van der Waals surface area (Å²) in [5.41, 5.74) is 4.17. The molecule has 278 valence electrons. The average molecular weight is 699 g/mol. The topological polar surface area (TPSA) is 78.9 Å². The van der Waals surface area contributed by atoms with Gasteiger partial charge in [-0.3, -0.25) is 0 Å². The molecule has 0 saturated carbocycles. The number of aryl methyl sites for hydroxylation is 1. The van der Waals surface area contributed by atoms with Gasteiger partial charge in [-0.1, -0.05) is 153 Å². The zero-order chi connectivity index (χ0) is 36.5. The number of hydrogen-bond acceptors (Lipinski definition) is 6. The Hall–Kier alpha value is -3.93. The van der Waals surface area contributed by atoms with E-state index in [4.69, 9.17) is 14.2 Å². The zero-order valence-electron chi connectivity index (χ0n) is 31.6. The van der Waals surface area contributed by atoms with Gasteiger partial charge in [-0.05, 0) is 79.3 Å². The van der Waals surface area contributed by atoms with Crippen molar-refractivity contribution in [3.8, 4) is 16.9 Å². The monoisotopic (exact) mass is 698 g/mol. The molecule has 51 heavy (non-hydrogen) atoms. The number of carbonyl (C=O) groups excluding carboxylic acids is 3. The summed E-state index contributed by atoms with van der Waals surface area (Å²) >= 11 is 0. The summed E-state index contributed by atoms with van der Waals surface area (Å²) in [6.07, 6.45) is 22.7. The number of carbonyl (C=O) groups is 3. The van der Waals surface area contributed by atoms with E-state index in [0.717, 1.165) is 36.8 Å². The van der Waals surface area contributed by atoms with Gasteiger partial charge < -0.3 is 14.2 Å². The Morgan fingerprint density at radius 2 is 0.941 bits per heavy atom. The van der Waals surface area contributed by atoms with E-state index in [1.165, 1.54) is 133 Å². The first-order valence-corrected chi connectivity index (χ1v) is 19.8. The summed E-state index contributed by atoms with van der Waals surface area (Å²) in [6, 6.07) is 22.1. The molecule has 1 atom stereocenters. The summed E-state index contributed by atoms with van der Waals surface area (Å²) in [5, 5.41) is 0. The number of rotatable bonds is 26. The van der Waals surface area contributed by atoms with Crippen LogP contribution in [0.3, 0.4) is 0 Å². The van der Waals surface area contributed by atoms with Crippen LogP contribution in [-0.4, -0.2) is 30.6 Å². The molecule has 0 fully saturated rings. The standard InChI is InChI=1S/C45H62O6/c1-4-6-8-10-12-14-15-17-19-21-35-49-43(46)36(3)50-44(47)41-31-33-42(34-32-41)51-45(48)40-29-27-39(28-30-40)38-25-23-37(24-26-38)22-20-18-16-13-11-9-7-5-2/h23-34,36H,4-22,35H2,1-3H3/t36-/m0/s1. The fourth-order valence-corrected chi connectivity index (χ4v) is 6.11. The molecular formula is C45H62O6. The fourth-order valence-electron chi connectivity index (χ4n) is 6.11. The molecule has 0 saturated heterocycles. The molecule has 0 aliphatic carbocycles. The lowest BCUT2D eigenvalue weighted by molar-refractivity contribution is -0.153. The van der Waals surface area contributed by atoms with Gasteiger partial charge in [0.2, 0.25) is 0 Å². The van der Waals surface area contributed by atoms with Gasteiger partial charge in [0.25, 0.3) is 0 Å². The molecule has 0 amide bonds. The summed E-state index contributed by atoms with van der Waals surface area (Å²) in [6.45, 7) is 6.32. The zero-order valence-corrected chi connectivity index (χ0v) is 31.6. The highest BCUT2D eigenvalue weighted by molar-refractivity contribution is 5.93. The number of ether oxygens (including phenoxy) is 3. The quantitative estimate of drug-likeness (QED) is 0.0472. The van der Waals surface area contributed by atoms with E-state index < -0.39 is 24.0 Å². The lowest BCUT2D eigenvalue weighted by Gasteiger charge is -2.13. The van der Waals surface area contributed by atoms with Crippen molar-refractivity contribution >= 4 is 17.9 Å². The predicted molar refractivity (Wildman–Crippen MR) is 207 cm³/mol. The Labute approximate surface area is 307 Å². The highest BCUT2D eigenvalue weighted by Crippen LogP contribution is 2.23. The SMILES string of the molecule is CCCCCCCCCCCCOC(=O)[C@H](C)OC(=O)c1ccc(OC(=O)c2ccc(-c3ccc(CCCCCCCCCC)cc3)cc2)cc1. The van der Waals surface area contributed by atoms with Gasteiger partial charge in [0.1, 0.15) is 5.75 Å². The Morgan fingerprint density at radius 3 is 1.47 bits per heavy atom. The van der Waals surface area contributed by atoms with E-state index in [2.05, 4.69) is 38.1 Å². The molecule has 3 aromatic carbocycles. The minimum absolute atomic E-state index is 0.248. The van der Waals surface area contributed by atoms with Gasteiger partial charge >= 0.3 is 17.9 Å². The van der Waals surface area contributed by atoms with Crippen LogP contribution in [0.25, 0.3) is 11.1 Å². The number of esters is 3. The van der Waals surface area contributed by atoms with Gasteiger partial charge in [-0.15, -0.1) is 0 Å². The Bertz CT molecular complexity index is 1390. The third kappa shape index (κ3) is 16.8. The minimum atomic E-state index is -1.02. The first-order valence-electron chi connectivity index (χ1n) is 19.8. The van der Waals surface area contributed by atoms with Crippen molar-refractivity contribution in [2.24, 2.45) is 0 Å². The number of hydrogen-bond donors (Lipinski definition) is 0. The van der Waals surface area contributed by atoms with Crippen LogP contribution in [-0.2, 0) is 20.7 Å². The van der Waals surface area contributed by atoms with Crippen molar-refractivity contribution < 1.29 is 28.6 Å². The van der Waals surface area contributed by atoms with Crippen molar-refractivity contribution in [1.29, 1.82) is 0 Å². The average Bonchev–Trinajstić information content (AvgIpc) is 3.15. The second kappa shape index (κ2) is 25.1. The van der Waals surface area contributed by atoms with Gasteiger partial charge in [-0.25, -0.2) is 14.4 Å². The molecule has 0 heterocycles. The van der Waals surface area contributed by atoms with Crippen molar-refractivity contribution in [1.82, 2.24) is 0 Å². The number of unbranched alkanes of at least 4 members (excludes halogenated alkanes) is 16. The van der Waals surface area contributed by atoms with Gasteiger partial charge in [0.15, 0.2) is 6.10 Å². The van der Waals surface area contributed by atoms with Gasteiger partial charge in [0, 0.05) is 0 Å². The molecule has 6 heteroatoms. The smallest absolute Gasteiger partial charge is 0.347 e. The molecule has 0 aliphatic heterocycles. The van der Waals surface area contributed by atoms with Crippen molar-refractivity contribution in [3.05, 3.63) is 89.5 Å². The molecule has 3 aromatic rings. The molecule has 0 bridgehead atoms. The molecule has 0 unspecified atom stereocenters. The molecular weight excluding hydrogens is 636 g/mol. The second-order valence-electron chi connectivity index (χ2n) is 13.8. The van der Waals surface area contributed by atoms with Crippen LogP contribution >= 0.6 is 0 Å². The maximum absolute atomic E-state index is 12.8. The van der Waals surface area contributed by atoms with Crippen LogP contribution in [0.4, 0.5) is 0 Å². The van der Waals surface area contributed by atoms with E-state index in [1.54, 1.807) is 12.1 Å². The maximum Gasteiger partial charge on any atom is 0.347 e. The summed E-state index contributed by atoms with van der Waals surface area (Å²) in [7, 11) is 0. The van der Waals surface area contributed by atoms with Crippen LogP contribution in [0.2, 0.25) is 0 Å². The highest BCUT2D eigenvalue weighted by atomic mass is 16.6. The fraction of sp³-hybridized carbons (Fsp3) is 0.533. The number of benzene rings is 3. The van der Waals surface area contributed by atoms with E-state index in [1.807, 2.05) is 12.1 Å². The van der Waals surface area contributed by atoms with Crippen LogP contribution in [0, 0.1) is 0 Å². The molecule has 3 rings (SSSR count). The van der Waals surface area contributed by atoms with Gasteiger partial charge in [-0.2, -0.15) is 0 Å². The van der Waals surface area contributed by atoms with Crippen molar-refractivity contribution in [2.75, 3.05) is 6.61 Å². The molecule has 0 aliphatic rings. The third-order valence-corrected chi connectivity index (χ3v) is 9.39. The van der Waals surface area contributed by atoms with Gasteiger partial charge in [0.05, 0.1) is 17.7 Å². The largest absolute Gasteiger partial charge is 0.463 e. The van der Waals surface area contributed by atoms with Crippen LogP contribution in [0.15, 0.2) is 72.8 Å². The van der Waals surface area contributed by atoms with E-state index in [-0.39, 0.29) is 5.56 Å². The molecule has 0 spiro atoms. The first-order chi connectivity index (χ1) is 24.9. The summed E-state index contributed by atoms with van der Waals surface area (Å²) in [4.78, 5) is 37.7. The van der Waals surface area contributed by atoms with E-state index in [0.29, 0.717) is 17.9 Å². The Kier molecular flexibility index (Phi) is 20.4. The lowest BCUT2D eigenvalue weighted by atomic mass is 10.00. The van der Waals surface area contributed by atoms with E-state index in [9.17, 15) is 14.4 Å². The minimum Gasteiger partial charge on any atom is -0.463 e. The Morgan fingerprint density at radius 1 is 0.510 bits per heavy atom. The van der Waals surface area contributed by atoms with Crippen LogP contribution in [0.5, 0.6) is 5.75 Å². The van der Waals surface area contributed by atoms with Crippen LogP contribution in [0.1, 0.15) is 163 Å². The summed E-state index contributed by atoms with van der Waals surface area (Å²) < 4.78 is 16.2. The predicted octanol–water partition coefficient (Wildman–Crippen LogP) is 12.3. The molecule has 0 radical (unpaired) electrons. The summed E-state index contributed by atoms with van der Waals surface area (Å²) in [5.74, 6) is -1.39. The van der Waals surface area contributed by atoms with Crippen LogP contribution < -0.4 is 4.74 Å². The molecule has 6 nitrogen and oxygen atoms in total. The first kappa shape index (κ1) is 41.5. The second-order valence-corrected chi connectivity index (χ2v) is 13.8. The van der Waals surface area contributed by atoms with E-state index >= 15 is 0 Å². The molecule has 0 aromatic heterocycles. The lowest BCUT2D eigenvalue weighted by Crippen LogP contribution is -2.26. The molecule has 0 N–H and O–H groups in total. The Balaban J connectivity index is 1.33. The maximum atomic E-state index is 12.8. The highest BCUT2D eigenvalue weighted by Gasteiger charge is 2.20. The van der Waals surface area contributed by atoms with Crippen molar-refractivity contribution in [2.45, 2.75) is 149 Å². The normalized spacial score (nSPS) is 11.6. The van der Waals surface area contributed by atoms with Crippen molar-refractivity contribution in [3.63, 3.8) is 0 Å².